The first-order valence-corrected chi connectivity index (χ1v) is 8.14. The molecule has 21 heavy (non-hydrogen) atoms. The number of rotatable bonds is 2. The maximum atomic E-state index is 14.5. The average molecular weight is 349 g/mol. The van der Waals surface area contributed by atoms with E-state index >= 15 is 0 Å². The molecular weight excluding hydrogens is 331 g/mol. The second-order valence-electron chi connectivity index (χ2n) is 5.73. The lowest BCUT2D eigenvalue weighted by Crippen LogP contribution is -2.37. The molecule has 1 N–H and O–H groups in total. The van der Waals surface area contributed by atoms with Crippen LogP contribution in [-0.4, -0.2) is 5.11 Å². The van der Waals surface area contributed by atoms with E-state index in [2.05, 4.69) is 15.9 Å². The molecule has 0 heterocycles. The van der Waals surface area contributed by atoms with E-state index in [9.17, 15) is 9.50 Å². The van der Waals surface area contributed by atoms with Crippen molar-refractivity contribution >= 4 is 15.9 Å². The summed E-state index contributed by atoms with van der Waals surface area (Å²) in [6.07, 6.45) is 3.47. The molecule has 0 bridgehead atoms. The smallest absolute Gasteiger partial charge is 0.143 e. The molecule has 0 saturated heterocycles. The standard InChI is InChI=1S/C18H18BrFO/c19-16-11-6-10-15(17(16)20)18(21)12-5-4-9-14(18)13-7-2-1-3-8-13/h1-3,6-8,10-11,14,21H,4-5,9,12H2. The highest BCUT2D eigenvalue weighted by Gasteiger charge is 2.43. The Labute approximate surface area is 132 Å². The molecule has 2 unspecified atom stereocenters. The van der Waals surface area contributed by atoms with Crippen molar-refractivity contribution in [3.05, 3.63) is 69.9 Å². The van der Waals surface area contributed by atoms with Crippen LogP contribution in [0.15, 0.2) is 53.0 Å². The Morgan fingerprint density at radius 1 is 1.05 bits per heavy atom. The zero-order chi connectivity index (χ0) is 14.9. The van der Waals surface area contributed by atoms with Crippen LogP contribution in [-0.2, 0) is 5.60 Å². The van der Waals surface area contributed by atoms with Crippen LogP contribution in [0, 0.1) is 5.82 Å². The van der Waals surface area contributed by atoms with Crippen molar-refractivity contribution in [3.63, 3.8) is 0 Å². The Morgan fingerprint density at radius 2 is 1.81 bits per heavy atom. The van der Waals surface area contributed by atoms with Gasteiger partial charge < -0.3 is 5.11 Å². The minimum atomic E-state index is -1.13. The third-order valence-electron chi connectivity index (χ3n) is 4.50. The molecular formula is C18H18BrFO. The molecule has 2 aromatic rings. The SMILES string of the molecule is OC1(c2cccc(Br)c2F)CCCCC1c1ccccc1. The molecule has 1 aliphatic rings. The molecule has 2 atom stereocenters. The van der Waals surface area contributed by atoms with E-state index in [1.54, 1.807) is 18.2 Å². The molecule has 0 amide bonds. The van der Waals surface area contributed by atoms with E-state index in [1.165, 1.54) is 0 Å². The second-order valence-corrected chi connectivity index (χ2v) is 6.59. The summed E-state index contributed by atoms with van der Waals surface area (Å²) in [5.74, 6) is -0.404. The van der Waals surface area contributed by atoms with E-state index in [4.69, 9.17) is 0 Å². The molecule has 1 saturated carbocycles. The summed E-state index contributed by atoms with van der Waals surface area (Å²) in [6, 6.07) is 15.1. The second kappa shape index (κ2) is 5.90. The molecule has 0 aliphatic heterocycles. The fraction of sp³-hybridized carbons (Fsp3) is 0.333. The molecule has 0 spiro atoms. The predicted octanol–water partition coefficient (Wildman–Crippen LogP) is 5.13. The summed E-state index contributed by atoms with van der Waals surface area (Å²) in [7, 11) is 0. The van der Waals surface area contributed by atoms with Crippen LogP contribution < -0.4 is 0 Å². The van der Waals surface area contributed by atoms with E-state index in [1.807, 2.05) is 30.3 Å². The van der Waals surface area contributed by atoms with Gasteiger partial charge in [-0.25, -0.2) is 4.39 Å². The van der Waals surface area contributed by atoms with E-state index in [-0.39, 0.29) is 11.7 Å². The van der Waals surface area contributed by atoms with Gasteiger partial charge in [0, 0.05) is 11.5 Å². The maximum Gasteiger partial charge on any atom is 0.143 e. The monoisotopic (exact) mass is 348 g/mol. The summed E-state index contributed by atoms with van der Waals surface area (Å²) in [6.45, 7) is 0. The van der Waals surface area contributed by atoms with E-state index in [0.29, 0.717) is 16.5 Å². The molecule has 3 heteroatoms. The summed E-state index contributed by atoms with van der Waals surface area (Å²) in [5, 5.41) is 11.3. The van der Waals surface area contributed by atoms with Gasteiger partial charge in [0.05, 0.1) is 10.1 Å². The van der Waals surface area contributed by atoms with Crippen LogP contribution in [0.2, 0.25) is 0 Å². The molecule has 1 nitrogen and oxygen atoms in total. The number of hydrogen-bond donors (Lipinski definition) is 1. The summed E-state index contributed by atoms with van der Waals surface area (Å²) >= 11 is 3.23. The fourth-order valence-electron chi connectivity index (χ4n) is 3.44. The molecule has 3 rings (SSSR count). The van der Waals surface area contributed by atoms with Gasteiger partial charge in [-0.15, -0.1) is 0 Å². The number of aliphatic hydroxyl groups is 1. The fourth-order valence-corrected chi connectivity index (χ4v) is 3.81. The van der Waals surface area contributed by atoms with Crippen molar-refractivity contribution in [1.82, 2.24) is 0 Å². The van der Waals surface area contributed by atoms with Gasteiger partial charge in [-0.3, -0.25) is 0 Å². The Bertz CT molecular complexity index is 628. The van der Waals surface area contributed by atoms with Crippen LogP contribution in [0.1, 0.15) is 42.7 Å². The quantitative estimate of drug-likeness (QED) is 0.797. The van der Waals surface area contributed by atoms with Crippen molar-refractivity contribution in [1.29, 1.82) is 0 Å². The molecule has 0 aromatic heterocycles. The Morgan fingerprint density at radius 3 is 2.57 bits per heavy atom. The predicted molar refractivity (Wildman–Crippen MR) is 85.6 cm³/mol. The van der Waals surface area contributed by atoms with Crippen molar-refractivity contribution in [3.8, 4) is 0 Å². The lowest BCUT2D eigenvalue weighted by molar-refractivity contribution is -0.0254. The van der Waals surface area contributed by atoms with Gasteiger partial charge in [-0.1, -0.05) is 55.3 Å². The first-order valence-electron chi connectivity index (χ1n) is 7.35. The molecule has 1 aliphatic carbocycles. The van der Waals surface area contributed by atoms with Crippen molar-refractivity contribution in [2.75, 3.05) is 0 Å². The highest BCUT2D eigenvalue weighted by molar-refractivity contribution is 9.10. The van der Waals surface area contributed by atoms with Crippen molar-refractivity contribution in [2.45, 2.75) is 37.2 Å². The molecule has 0 radical (unpaired) electrons. The van der Waals surface area contributed by atoms with Gasteiger partial charge in [-0.2, -0.15) is 0 Å². The summed E-state index contributed by atoms with van der Waals surface area (Å²) in [5.41, 5.74) is 0.359. The van der Waals surface area contributed by atoms with Gasteiger partial charge in [0.2, 0.25) is 0 Å². The minimum Gasteiger partial charge on any atom is -0.384 e. The van der Waals surface area contributed by atoms with Crippen LogP contribution >= 0.6 is 15.9 Å². The van der Waals surface area contributed by atoms with E-state index in [0.717, 1.165) is 24.8 Å². The lowest BCUT2D eigenvalue weighted by atomic mass is 9.68. The Kier molecular flexibility index (Phi) is 4.14. The number of hydrogen-bond acceptors (Lipinski definition) is 1. The first kappa shape index (κ1) is 14.7. The summed E-state index contributed by atoms with van der Waals surface area (Å²) in [4.78, 5) is 0. The van der Waals surface area contributed by atoms with Gasteiger partial charge >= 0.3 is 0 Å². The van der Waals surface area contributed by atoms with E-state index < -0.39 is 5.60 Å². The molecule has 110 valence electrons. The van der Waals surface area contributed by atoms with Gasteiger partial charge in [0.25, 0.3) is 0 Å². The molecule has 1 fully saturated rings. The Hall–Kier alpha value is -1.19. The topological polar surface area (TPSA) is 20.2 Å². The third-order valence-corrected chi connectivity index (χ3v) is 5.11. The van der Waals surface area contributed by atoms with Gasteiger partial charge in [0.1, 0.15) is 5.82 Å². The Balaban J connectivity index is 2.09. The van der Waals surface area contributed by atoms with Crippen LogP contribution in [0.25, 0.3) is 0 Å². The molecule has 2 aromatic carbocycles. The largest absolute Gasteiger partial charge is 0.384 e. The lowest BCUT2D eigenvalue weighted by Gasteiger charge is -2.41. The number of benzene rings is 2. The highest BCUT2D eigenvalue weighted by Crippen LogP contribution is 2.48. The van der Waals surface area contributed by atoms with Crippen LogP contribution in [0.5, 0.6) is 0 Å². The average Bonchev–Trinajstić information content (AvgIpc) is 2.51. The van der Waals surface area contributed by atoms with Crippen molar-refractivity contribution < 1.29 is 9.50 Å². The van der Waals surface area contributed by atoms with Gasteiger partial charge in [-0.05, 0) is 40.4 Å². The normalized spacial score (nSPS) is 25.8. The first-order chi connectivity index (χ1) is 10.1. The minimum absolute atomic E-state index is 0.0590. The maximum absolute atomic E-state index is 14.5. The third kappa shape index (κ3) is 2.65. The zero-order valence-corrected chi connectivity index (χ0v) is 13.3. The highest BCUT2D eigenvalue weighted by atomic mass is 79.9. The number of halogens is 2. The van der Waals surface area contributed by atoms with Crippen LogP contribution in [0.4, 0.5) is 4.39 Å². The van der Waals surface area contributed by atoms with Crippen LogP contribution in [0.3, 0.4) is 0 Å². The zero-order valence-electron chi connectivity index (χ0n) is 11.7. The summed E-state index contributed by atoms with van der Waals surface area (Å²) < 4.78 is 14.9. The van der Waals surface area contributed by atoms with Gasteiger partial charge in [0.15, 0.2) is 0 Å². The van der Waals surface area contributed by atoms with Crippen molar-refractivity contribution in [2.24, 2.45) is 0 Å².